The van der Waals surface area contributed by atoms with Gasteiger partial charge in [-0.15, -0.1) is 0 Å². The van der Waals surface area contributed by atoms with Gasteiger partial charge in [0.1, 0.15) is 0 Å². The number of hydrogen-bond donors (Lipinski definition) is 2. The molecule has 0 aliphatic heterocycles. The maximum absolute atomic E-state index is 5.52. The number of ether oxygens (including phenoxy) is 1. The number of hydrazine groups is 1. The van der Waals surface area contributed by atoms with Crippen molar-refractivity contribution in [1.82, 2.24) is 5.43 Å². The number of rotatable bonds is 6. The van der Waals surface area contributed by atoms with Crippen LogP contribution in [0.15, 0.2) is 16.8 Å². The summed E-state index contributed by atoms with van der Waals surface area (Å²) in [4.78, 5) is 0. The van der Waals surface area contributed by atoms with E-state index in [1.54, 1.807) is 18.4 Å². The third-order valence-electron chi connectivity index (χ3n) is 2.24. The molecular weight excluding hydrogens is 196 g/mol. The second kappa shape index (κ2) is 6.14. The first-order valence-corrected chi connectivity index (χ1v) is 5.69. The number of thiophene rings is 1. The molecule has 1 rings (SSSR count). The molecule has 0 amide bonds. The molecule has 4 heteroatoms. The van der Waals surface area contributed by atoms with Gasteiger partial charge in [0.2, 0.25) is 0 Å². The van der Waals surface area contributed by atoms with Gasteiger partial charge in [0, 0.05) is 19.8 Å². The van der Waals surface area contributed by atoms with Crippen LogP contribution in [0.3, 0.4) is 0 Å². The Hall–Kier alpha value is -0.420. The summed E-state index contributed by atoms with van der Waals surface area (Å²) < 4.78 is 5.10. The van der Waals surface area contributed by atoms with E-state index >= 15 is 0 Å². The Kier molecular flexibility index (Phi) is 5.11. The molecule has 1 aromatic rings. The molecular formula is C10H18N2OS. The zero-order valence-electron chi connectivity index (χ0n) is 8.69. The molecule has 2 atom stereocenters. The summed E-state index contributed by atoms with van der Waals surface area (Å²) in [5.74, 6) is 6.04. The normalized spacial score (nSPS) is 15.4. The van der Waals surface area contributed by atoms with Crippen LogP contribution in [0.25, 0.3) is 0 Å². The third-order valence-corrected chi connectivity index (χ3v) is 2.94. The number of nitrogens with two attached hydrogens (primary N) is 1. The van der Waals surface area contributed by atoms with Gasteiger partial charge in [0.25, 0.3) is 0 Å². The zero-order chi connectivity index (χ0) is 10.4. The molecule has 3 nitrogen and oxygen atoms in total. The van der Waals surface area contributed by atoms with E-state index in [1.807, 2.05) is 0 Å². The van der Waals surface area contributed by atoms with Gasteiger partial charge in [-0.1, -0.05) is 6.92 Å². The van der Waals surface area contributed by atoms with Gasteiger partial charge in [0.15, 0.2) is 0 Å². The van der Waals surface area contributed by atoms with Crippen molar-refractivity contribution in [3.63, 3.8) is 0 Å². The maximum Gasteiger partial charge on any atom is 0.0488 e. The van der Waals surface area contributed by atoms with Gasteiger partial charge in [-0.3, -0.25) is 11.3 Å². The molecule has 2 unspecified atom stereocenters. The van der Waals surface area contributed by atoms with Gasteiger partial charge in [-0.25, -0.2) is 0 Å². The molecule has 0 spiro atoms. The Morgan fingerprint density at radius 3 is 2.93 bits per heavy atom. The topological polar surface area (TPSA) is 47.3 Å². The molecule has 0 aromatic carbocycles. The molecule has 0 radical (unpaired) electrons. The molecule has 0 aliphatic rings. The summed E-state index contributed by atoms with van der Waals surface area (Å²) in [5, 5.41) is 4.20. The second-order valence-electron chi connectivity index (χ2n) is 3.57. The average molecular weight is 214 g/mol. The van der Waals surface area contributed by atoms with E-state index in [-0.39, 0.29) is 6.04 Å². The summed E-state index contributed by atoms with van der Waals surface area (Å²) in [5.41, 5.74) is 4.11. The van der Waals surface area contributed by atoms with E-state index in [9.17, 15) is 0 Å². The molecule has 80 valence electrons. The van der Waals surface area contributed by atoms with Crippen molar-refractivity contribution in [3.05, 3.63) is 22.4 Å². The zero-order valence-corrected chi connectivity index (χ0v) is 9.51. The van der Waals surface area contributed by atoms with E-state index in [0.29, 0.717) is 5.92 Å². The van der Waals surface area contributed by atoms with E-state index in [1.165, 1.54) is 5.56 Å². The van der Waals surface area contributed by atoms with Crippen LogP contribution < -0.4 is 11.3 Å². The van der Waals surface area contributed by atoms with Crippen molar-refractivity contribution >= 4 is 11.3 Å². The first kappa shape index (κ1) is 11.7. The van der Waals surface area contributed by atoms with Crippen LogP contribution in [-0.2, 0) is 4.74 Å². The highest BCUT2D eigenvalue weighted by atomic mass is 32.1. The van der Waals surface area contributed by atoms with Crippen molar-refractivity contribution in [2.75, 3.05) is 13.7 Å². The maximum atomic E-state index is 5.52. The second-order valence-corrected chi connectivity index (χ2v) is 4.35. The van der Waals surface area contributed by atoms with Crippen LogP contribution in [-0.4, -0.2) is 13.7 Å². The summed E-state index contributed by atoms with van der Waals surface area (Å²) in [6, 6.07) is 2.35. The fourth-order valence-electron chi connectivity index (χ4n) is 1.53. The average Bonchev–Trinajstić information content (AvgIpc) is 2.67. The number of methoxy groups -OCH3 is 1. The summed E-state index contributed by atoms with van der Waals surface area (Å²) in [7, 11) is 1.73. The van der Waals surface area contributed by atoms with Crippen molar-refractivity contribution in [1.29, 1.82) is 0 Å². The largest absolute Gasteiger partial charge is 0.384 e. The quantitative estimate of drug-likeness (QED) is 0.562. The number of hydrogen-bond acceptors (Lipinski definition) is 4. The molecule has 0 saturated carbocycles. The molecule has 0 saturated heterocycles. The minimum atomic E-state index is 0.242. The van der Waals surface area contributed by atoms with Gasteiger partial charge in [-0.05, 0) is 34.7 Å². The Balaban J connectivity index is 2.47. The van der Waals surface area contributed by atoms with E-state index in [4.69, 9.17) is 10.6 Å². The van der Waals surface area contributed by atoms with Crippen molar-refractivity contribution in [3.8, 4) is 0 Å². The lowest BCUT2D eigenvalue weighted by Crippen LogP contribution is -2.29. The van der Waals surface area contributed by atoms with Crippen LogP contribution in [0.5, 0.6) is 0 Å². The highest BCUT2D eigenvalue weighted by Crippen LogP contribution is 2.22. The fraction of sp³-hybridized carbons (Fsp3) is 0.600. The monoisotopic (exact) mass is 214 g/mol. The van der Waals surface area contributed by atoms with Crippen molar-refractivity contribution < 1.29 is 4.74 Å². The first-order valence-electron chi connectivity index (χ1n) is 4.75. The van der Waals surface area contributed by atoms with Crippen molar-refractivity contribution in [2.45, 2.75) is 19.4 Å². The van der Waals surface area contributed by atoms with Gasteiger partial charge < -0.3 is 4.74 Å². The first-order chi connectivity index (χ1) is 6.77. The van der Waals surface area contributed by atoms with Crippen molar-refractivity contribution in [2.24, 2.45) is 11.8 Å². The number of nitrogens with one attached hydrogen (secondary N) is 1. The predicted octanol–water partition coefficient (Wildman–Crippen LogP) is 1.93. The highest BCUT2D eigenvalue weighted by molar-refractivity contribution is 7.07. The molecule has 14 heavy (non-hydrogen) atoms. The van der Waals surface area contributed by atoms with E-state index in [0.717, 1.165) is 13.0 Å². The third kappa shape index (κ3) is 3.38. The molecule has 0 fully saturated rings. The minimum Gasteiger partial charge on any atom is -0.384 e. The fourth-order valence-corrected chi connectivity index (χ4v) is 2.24. The minimum absolute atomic E-state index is 0.242. The molecule has 0 aliphatic carbocycles. The summed E-state index contributed by atoms with van der Waals surface area (Å²) >= 11 is 1.70. The smallest absolute Gasteiger partial charge is 0.0488 e. The molecule has 0 bridgehead atoms. The highest BCUT2D eigenvalue weighted by Gasteiger charge is 2.13. The van der Waals surface area contributed by atoms with E-state index < -0.39 is 0 Å². The SMILES string of the molecule is COCC(C)CC(NN)c1ccsc1. The van der Waals surface area contributed by atoms with Crippen LogP contribution >= 0.6 is 11.3 Å². The lowest BCUT2D eigenvalue weighted by atomic mass is 9.99. The molecule has 1 aromatic heterocycles. The summed E-state index contributed by atoms with van der Waals surface area (Å²) in [6.45, 7) is 2.95. The van der Waals surface area contributed by atoms with Gasteiger partial charge >= 0.3 is 0 Å². The summed E-state index contributed by atoms with van der Waals surface area (Å²) in [6.07, 6.45) is 1.00. The van der Waals surface area contributed by atoms with Crippen LogP contribution in [0.4, 0.5) is 0 Å². The Morgan fingerprint density at radius 1 is 1.64 bits per heavy atom. The molecule has 3 N–H and O–H groups in total. The molecule has 1 heterocycles. The lowest BCUT2D eigenvalue weighted by molar-refractivity contribution is 0.149. The van der Waals surface area contributed by atoms with Crippen LogP contribution in [0.2, 0.25) is 0 Å². The van der Waals surface area contributed by atoms with Gasteiger partial charge in [-0.2, -0.15) is 11.3 Å². The van der Waals surface area contributed by atoms with E-state index in [2.05, 4.69) is 29.2 Å². The van der Waals surface area contributed by atoms with Gasteiger partial charge in [0.05, 0.1) is 0 Å². The Morgan fingerprint density at radius 2 is 2.43 bits per heavy atom. The van der Waals surface area contributed by atoms with Crippen LogP contribution in [0, 0.1) is 5.92 Å². The van der Waals surface area contributed by atoms with Crippen LogP contribution in [0.1, 0.15) is 24.9 Å². The Bertz CT molecular complexity index is 238. The predicted molar refractivity (Wildman–Crippen MR) is 60.0 cm³/mol. The standard InChI is InChI=1S/C10H18N2OS/c1-8(6-13-2)5-10(12-11)9-3-4-14-7-9/h3-4,7-8,10,12H,5-6,11H2,1-2H3. The lowest BCUT2D eigenvalue weighted by Gasteiger charge is -2.18. The Labute approximate surface area is 89.2 Å².